The summed E-state index contributed by atoms with van der Waals surface area (Å²) in [5, 5.41) is 0. The molecule has 106 valence electrons. The first-order valence-electron chi connectivity index (χ1n) is 6.61. The van der Waals surface area contributed by atoms with Crippen molar-refractivity contribution < 1.29 is 22.1 Å². The molecule has 1 N–H and O–H groups in total. The SMILES string of the molecule is C[NH+](C)CC(C(=O)c1ccccc1)c1ccccc1.[Cl-]. The maximum absolute atomic E-state index is 12.7. The number of benzene rings is 2. The third kappa shape index (κ3) is 4.19. The van der Waals surface area contributed by atoms with Crippen LogP contribution in [0, 0.1) is 0 Å². The first kappa shape index (κ1) is 16.4. The van der Waals surface area contributed by atoms with Crippen molar-refractivity contribution >= 4 is 5.78 Å². The van der Waals surface area contributed by atoms with Crippen LogP contribution in [0.4, 0.5) is 0 Å². The summed E-state index contributed by atoms with van der Waals surface area (Å²) in [6.45, 7) is 0.803. The zero-order chi connectivity index (χ0) is 13.7. The van der Waals surface area contributed by atoms with Gasteiger partial charge in [0.15, 0.2) is 5.78 Å². The molecule has 1 atom stereocenters. The van der Waals surface area contributed by atoms with Crippen LogP contribution < -0.4 is 17.3 Å². The number of hydrogen-bond acceptors (Lipinski definition) is 1. The highest BCUT2D eigenvalue weighted by atomic mass is 35.5. The van der Waals surface area contributed by atoms with Crippen molar-refractivity contribution in [3.8, 4) is 0 Å². The maximum Gasteiger partial charge on any atom is 0.175 e. The minimum atomic E-state index is -0.0754. The Morgan fingerprint density at radius 2 is 1.45 bits per heavy atom. The lowest BCUT2D eigenvalue weighted by Crippen LogP contribution is -3.06. The van der Waals surface area contributed by atoms with E-state index >= 15 is 0 Å². The second-order valence-corrected chi connectivity index (χ2v) is 5.10. The summed E-state index contributed by atoms with van der Waals surface area (Å²) in [5.74, 6) is 0.126. The molecule has 1 unspecified atom stereocenters. The van der Waals surface area contributed by atoms with E-state index in [2.05, 4.69) is 14.1 Å². The smallest absolute Gasteiger partial charge is 0.175 e. The van der Waals surface area contributed by atoms with E-state index in [1.807, 2.05) is 60.7 Å². The van der Waals surface area contributed by atoms with Gasteiger partial charge in [-0.05, 0) is 5.56 Å². The van der Waals surface area contributed by atoms with Gasteiger partial charge in [0.2, 0.25) is 0 Å². The lowest BCUT2D eigenvalue weighted by molar-refractivity contribution is -0.858. The summed E-state index contributed by atoms with van der Waals surface area (Å²) >= 11 is 0. The van der Waals surface area contributed by atoms with Gasteiger partial charge in [0, 0.05) is 5.56 Å². The van der Waals surface area contributed by atoms with Gasteiger partial charge in [-0.15, -0.1) is 0 Å². The number of halogens is 1. The van der Waals surface area contributed by atoms with E-state index in [-0.39, 0.29) is 24.1 Å². The molecule has 0 bridgehead atoms. The zero-order valence-electron chi connectivity index (χ0n) is 11.8. The lowest BCUT2D eigenvalue weighted by atomic mass is 9.90. The van der Waals surface area contributed by atoms with Crippen LogP contribution in [0.1, 0.15) is 21.8 Å². The fraction of sp³-hybridized carbons (Fsp3) is 0.235. The van der Waals surface area contributed by atoms with Gasteiger partial charge in [0.05, 0.1) is 26.6 Å². The van der Waals surface area contributed by atoms with Gasteiger partial charge >= 0.3 is 0 Å². The average Bonchev–Trinajstić information content (AvgIpc) is 2.46. The van der Waals surface area contributed by atoms with Crippen LogP contribution in [-0.2, 0) is 0 Å². The number of quaternary nitrogens is 1. The third-order valence-electron chi connectivity index (χ3n) is 3.19. The molecule has 2 nitrogen and oxygen atoms in total. The normalized spacial score (nSPS) is 11.8. The van der Waals surface area contributed by atoms with E-state index in [0.29, 0.717) is 0 Å². The highest BCUT2D eigenvalue weighted by Gasteiger charge is 2.24. The molecule has 0 saturated heterocycles. The molecular weight excluding hydrogens is 270 g/mol. The quantitative estimate of drug-likeness (QED) is 0.687. The van der Waals surface area contributed by atoms with Crippen molar-refractivity contribution in [1.29, 1.82) is 0 Å². The summed E-state index contributed by atoms with van der Waals surface area (Å²) in [7, 11) is 4.16. The van der Waals surface area contributed by atoms with Crippen molar-refractivity contribution in [3.63, 3.8) is 0 Å². The molecule has 0 aliphatic rings. The van der Waals surface area contributed by atoms with E-state index in [9.17, 15) is 4.79 Å². The van der Waals surface area contributed by atoms with Crippen LogP contribution in [0.5, 0.6) is 0 Å². The number of carbonyl (C=O) groups is 1. The van der Waals surface area contributed by atoms with E-state index < -0.39 is 0 Å². The Labute approximate surface area is 126 Å². The van der Waals surface area contributed by atoms with Crippen molar-refractivity contribution in [2.24, 2.45) is 0 Å². The molecule has 0 radical (unpaired) electrons. The predicted molar refractivity (Wildman–Crippen MR) is 77.6 cm³/mol. The van der Waals surface area contributed by atoms with Crippen molar-refractivity contribution in [2.45, 2.75) is 5.92 Å². The highest BCUT2D eigenvalue weighted by molar-refractivity contribution is 6.01. The van der Waals surface area contributed by atoms with E-state index in [0.717, 1.165) is 17.7 Å². The number of likely N-dealkylation sites (N-methyl/N-ethyl adjacent to an activating group) is 1. The molecule has 2 aromatic rings. The van der Waals surface area contributed by atoms with Gasteiger partial charge in [0.1, 0.15) is 0 Å². The first-order chi connectivity index (χ1) is 9.18. The average molecular weight is 290 g/mol. The molecule has 0 aromatic heterocycles. The Hall–Kier alpha value is -1.64. The van der Waals surface area contributed by atoms with Gasteiger partial charge < -0.3 is 17.3 Å². The fourth-order valence-electron chi connectivity index (χ4n) is 2.26. The topological polar surface area (TPSA) is 21.5 Å². The number of hydrogen-bond donors (Lipinski definition) is 1. The lowest BCUT2D eigenvalue weighted by Gasteiger charge is -2.18. The van der Waals surface area contributed by atoms with Crippen LogP contribution >= 0.6 is 0 Å². The number of Topliss-reactive ketones (excluding diaryl/α,β-unsaturated/α-hetero) is 1. The number of carbonyl (C=O) groups excluding carboxylic acids is 1. The molecule has 2 rings (SSSR count). The monoisotopic (exact) mass is 289 g/mol. The van der Waals surface area contributed by atoms with E-state index in [1.165, 1.54) is 4.90 Å². The van der Waals surface area contributed by atoms with Crippen LogP contribution in [0.2, 0.25) is 0 Å². The molecule has 0 aliphatic heterocycles. The molecule has 2 aromatic carbocycles. The Morgan fingerprint density at radius 1 is 0.950 bits per heavy atom. The largest absolute Gasteiger partial charge is 1.00 e. The van der Waals surface area contributed by atoms with Gasteiger partial charge in [-0.25, -0.2) is 0 Å². The van der Waals surface area contributed by atoms with Crippen molar-refractivity contribution in [1.82, 2.24) is 0 Å². The molecule has 0 spiro atoms. The number of nitrogens with one attached hydrogen (secondary N) is 1. The van der Waals surface area contributed by atoms with Gasteiger partial charge in [-0.3, -0.25) is 4.79 Å². The summed E-state index contributed by atoms with van der Waals surface area (Å²) in [6, 6.07) is 19.6. The van der Waals surface area contributed by atoms with Crippen molar-refractivity contribution in [2.75, 3.05) is 20.6 Å². The van der Waals surface area contributed by atoms with Crippen LogP contribution in [0.15, 0.2) is 60.7 Å². The number of rotatable bonds is 5. The molecule has 3 heteroatoms. The molecule has 0 aliphatic carbocycles. The van der Waals surface area contributed by atoms with Crippen LogP contribution in [0.25, 0.3) is 0 Å². The van der Waals surface area contributed by atoms with Gasteiger partial charge in [-0.2, -0.15) is 0 Å². The molecule has 0 heterocycles. The summed E-state index contributed by atoms with van der Waals surface area (Å²) in [6.07, 6.45) is 0. The molecule has 0 fully saturated rings. The molecule has 0 saturated carbocycles. The predicted octanol–water partition coefficient (Wildman–Crippen LogP) is -1.20. The van der Waals surface area contributed by atoms with Crippen molar-refractivity contribution in [3.05, 3.63) is 71.8 Å². The molecule has 0 amide bonds. The Kier molecular flexibility index (Phi) is 6.43. The summed E-state index contributed by atoms with van der Waals surface area (Å²) < 4.78 is 0. The van der Waals surface area contributed by atoms with E-state index in [1.54, 1.807) is 0 Å². The number of ketones is 1. The summed E-state index contributed by atoms with van der Waals surface area (Å²) in [4.78, 5) is 13.9. The second kappa shape index (κ2) is 7.83. The molecular formula is C17H20ClNO. The van der Waals surface area contributed by atoms with Gasteiger partial charge in [0.25, 0.3) is 0 Å². The van der Waals surface area contributed by atoms with Gasteiger partial charge in [-0.1, -0.05) is 60.7 Å². The standard InChI is InChI=1S/C17H19NO.ClH/c1-18(2)13-16(14-9-5-3-6-10-14)17(19)15-11-7-4-8-12-15;/h3-12,16H,13H2,1-2H3;1H. The Morgan fingerprint density at radius 3 is 1.95 bits per heavy atom. The Balaban J connectivity index is 0.00000200. The maximum atomic E-state index is 12.7. The van der Waals surface area contributed by atoms with E-state index in [4.69, 9.17) is 0 Å². The Bertz CT molecular complexity index is 525. The highest BCUT2D eigenvalue weighted by Crippen LogP contribution is 2.19. The van der Waals surface area contributed by atoms with Crippen LogP contribution in [0.3, 0.4) is 0 Å². The minimum absolute atomic E-state index is 0. The zero-order valence-corrected chi connectivity index (χ0v) is 12.6. The molecule has 20 heavy (non-hydrogen) atoms. The first-order valence-corrected chi connectivity index (χ1v) is 6.61. The minimum Gasteiger partial charge on any atom is -1.00 e. The second-order valence-electron chi connectivity index (χ2n) is 5.10. The third-order valence-corrected chi connectivity index (χ3v) is 3.19. The van der Waals surface area contributed by atoms with Crippen LogP contribution in [-0.4, -0.2) is 26.4 Å². The fourth-order valence-corrected chi connectivity index (χ4v) is 2.26. The summed E-state index contributed by atoms with van der Waals surface area (Å²) in [5.41, 5.74) is 1.88.